The smallest absolute Gasteiger partial charge is 0.306 e. The Balaban J connectivity index is 4.61. The largest absolute Gasteiger partial charge is 0.545 e. The molecule has 0 heterocycles. The first-order chi connectivity index (χ1) is 28.1. The third-order valence-electron chi connectivity index (χ3n) is 8.89. The van der Waals surface area contributed by atoms with Crippen molar-refractivity contribution in [3.63, 3.8) is 0 Å². The van der Waals surface area contributed by atoms with Crippen molar-refractivity contribution in [1.29, 1.82) is 0 Å². The summed E-state index contributed by atoms with van der Waals surface area (Å²) in [4.78, 5) is 36.9. The summed E-state index contributed by atoms with van der Waals surface area (Å²) < 4.78 is 22.4. The van der Waals surface area contributed by atoms with Crippen molar-refractivity contribution < 1.29 is 42.9 Å². The molecule has 0 saturated carbocycles. The topological polar surface area (TPSA) is 111 Å². The molecule has 0 bridgehead atoms. The SMILES string of the molecule is CC/C=C\C/C=C\C/C=C\C/C=C\C/C=C\C/C=C\CCC(=O)OC(COC(=O)CCCCCCC/C=C\CCCCCCC)COC(OCC[N+](C)(C)C)C(=O)[O-]. The average Bonchev–Trinajstić information content (AvgIpc) is 3.18. The van der Waals surface area contributed by atoms with Crippen LogP contribution >= 0.6 is 0 Å². The maximum absolute atomic E-state index is 12.7. The lowest BCUT2D eigenvalue weighted by Gasteiger charge is -2.26. The Kier molecular flexibility index (Phi) is 37.8. The second kappa shape index (κ2) is 40.3. The first-order valence-electron chi connectivity index (χ1n) is 22.2. The number of carboxylic acid groups (broad SMARTS) is 1. The van der Waals surface area contributed by atoms with E-state index in [-0.39, 0.29) is 32.7 Å². The molecule has 9 heteroatoms. The van der Waals surface area contributed by atoms with Gasteiger partial charge in [-0.3, -0.25) is 9.59 Å². The van der Waals surface area contributed by atoms with Gasteiger partial charge in [0.15, 0.2) is 12.4 Å². The van der Waals surface area contributed by atoms with Gasteiger partial charge in [0.1, 0.15) is 13.2 Å². The van der Waals surface area contributed by atoms with E-state index in [9.17, 15) is 19.5 Å². The number of allylic oxidation sites excluding steroid dienone is 14. The number of quaternary nitrogens is 1. The Morgan fingerprint density at radius 1 is 0.534 bits per heavy atom. The molecule has 0 saturated heterocycles. The quantitative estimate of drug-likeness (QED) is 0.0198. The molecule has 2 unspecified atom stereocenters. The average molecular weight is 812 g/mol. The monoisotopic (exact) mass is 812 g/mol. The Morgan fingerprint density at radius 3 is 1.53 bits per heavy atom. The molecule has 0 amide bonds. The van der Waals surface area contributed by atoms with Crippen LogP contribution in [0.5, 0.6) is 0 Å². The fourth-order valence-corrected chi connectivity index (χ4v) is 5.44. The van der Waals surface area contributed by atoms with Gasteiger partial charge in [0, 0.05) is 12.8 Å². The number of aliphatic carboxylic acids is 1. The summed E-state index contributed by atoms with van der Waals surface area (Å²) in [5.41, 5.74) is 0. The molecule has 0 aromatic carbocycles. The minimum atomic E-state index is -1.65. The summed E-state index contributed by atoms with van der Waals surface area (Å²) in [6.45, 7) is 4.49. The van der Waals surface area contributed by atoms with Gasteiger partial charge < -0.3 is 33.3 Å². The number of carboxylic acids is 1. The molecule has 0 fully saturated rings. The molecule has 0 N–H and O–H groups in total. The van der Waals surface area contributed by atoms with E-state index < -0.39 is 30.3 Å². The number of likely N-dealkylation sites (N-methyl/N-ethyl adjacent to an activating group) is 1. The van der Waals surface area contributed by atoms with Crippen LogP contribution in [0, 0.1) is 0 Å². The summed E-state index contributed by atoms with van der Waals surface area (Å²) in [6.07, 6.45) is 47.7. The molecule has 0 aliphatic rings. The number of esters is 2. The van der Waals surface area contributed by atoms with Crippen LogP contribution in [-0.2, 0) is 33.3 Å². The lowest BCUT2D eigenvalue weighted by atomic mass is 10.1. The number of rotatable bonds is 39. The van der Waals surface area contributed by atoms with E-state index >= 15 is 0 Å². The predicted octanol–water partition coefficient (Wildman–Crippen LogP) is 10.4. The number of unbranched alkanes of at least 4 members (excludes halogenated alkanes) is 10. The van der Waals surface area contributed by atoms with E-state index in [1.54, 1.807) is 0 Å². The van der Waals surface area contributed by atoms with E-state index in [0.29, 0.717) is 23.9 Å². The highest BCUT2D eigenvalue weighted by Gasteiger charge is 2.21. The van der Waals surface area contributed by atoms with Crippen molar-refractivity contribution in [3.05, 3.63) is 85.1 Å². The molecule has 0 aromatic heterocycles. The van der Waals surface area contributed by atoms with Crippen LogP contribution in [0.4, 0.5) is 0 Å². The number of carbonyl (C=O) groups is 3. The van der Waals surface area contributed by atoms with Crippen molar-refractivity contribution in [2.75, 3.05) is 47.5 Å². The summed E-state index contributed by atoms with van der Waals surface area (Å²) in [6, 6.07) is 0. The third kappa shape index (κ3) is 40.7. The first kappa shape index (κ1) is 54.5. The van der Waals surface area contributed by atoms with Crippen LogP contribution < -0.4 is 5.11 Å². The van der Waals surface area contributed by atoms with Gasteiger partial charge in [-0.2, -0.15) is 0 Å². The summed E-state index contributed by atoms with van der Waals surface area (Å²) in [7, 11) is 5.87. The van der Waals surface area contributed by atoms with E-state index in [1.165, 1.54) is 38.5 Å². The second-order valence-corrected chi connectivity index (χ2v) is 15.6. The van der Waals surface area contributed by atoms with E-state index in [1.807, 2.05) is 33.3 Å². The number of hydrogen-bond donors (Lipinski definition) is 0. The minimum Gasteiger partial charge on any atom is -0.545 e. The van der Waals surface area contributed by atoms with Gasteiger partial charge >= 0.3 is 11.9 Å². The fraction of sp³-hybridized carbons (Fsp3) is 0.653. The zero-order valence-corrected chi connectivity index (χ0v) is 37.1. The highest BCUT2D eigenvalue weighted by Crippen LogP contribution is 2.11. The third-order valence-corrected chi connectivity index (χ3v) is 8.89. The number of nitrogens with zero attached hydrogens (tertiary/aromatic N) is 1. The van der Waals surface area contributed by atoms with Gasteiger partial charge in [-0.15, -0.1) is 0 Å². The highest BCUT2D eigenvalue weighted by molar-refractivity contribution is 5.70. The molecule has 0 aliphatic carbocycles. The number of ether oxygens (including phenoxy) is 4. The zero-order valence-electron chi connectivity index (χ0n) is 37.1. The molecular formula is C49H81NO8. The Morgan fingerprint density at radius 2 is 1.02 bits per heavy atom. The normalized spacial score (nSPS) is 13.7. The van der Waals surface area contributed by atoms with Crippen molar-refractivity contribution >= 4 is 17.9 Å². The molecule has 9 nitrogen and oxygen atoms in total. The van der Waals surface area contributed by atoms with Crippen molar-refractivity contribution in [3.8, 4) is 0 Å². The highest BCUT2D eigenvalue weighted by atomic mass is 16.7. The van der Waals surface area contributed by atoms with E-state index in [4.69, 9.17) is 18.9 Å². The van der Waals surface area contributed by atoms with Crippen molar-refractivity contribution in [2.45, 2.75) is 161 Å². The first-order valence-corrected chi connectivity index (χ1v) is 22.2. The van der Waals surface area contributed by atoms with Crippen LogP contribution in [0.25, 0.3) is 0 Å². The van der Waals surface area contributed by atoms with E-state index in [0.717, 1.165) is 70.6 Å². The van der Waals surface area contributed by atoms with Gasteiger partial charge in [-0.25, -0.2) is 0 Å². The summed E-state index contributed by atoms with van der Waals surface area (Å²) >= 11 is 0. The molecule has 330 valence electrons. The van der Waals surface area contributed by atoms with Crippen LogP contribution in [0.1, 0.15) is 149 Å². The molecule has 0 radical (unpaired) electrons. The lowest BCUT2D eigenvalue weighted by molar-refractivity contribution is -0.870. The van der Waals surface area contributed by atoms with Crippen LogP contribution in [-0.4, -0.2) is 82.3 Å². The molecule has 0 rings (SSSR count). The Bertz CT molecular complexity index is 1220. The molecule has 2 atom stereocenters. The maximum Gasteiger partial charge on any atom is 0.306 e. The standard InChI is InChI=1S/C49H81NO8/c1-6-8-10-12-14-16-18-20-22-23-24-25-26-28-30-32-34-36-38-40-47(52)58-45(44-57-49(48(53)54)55-42-41-50(3,4)5)43-56-46(51)39-37-35-33-31-29-27-21-19-17-15-13-11-9-7-2/h8,10,14,16,19-22,24-25,28,30,34,36,45,49H,6-7,9,11-13,15,17-18,23,26-27,29,31-33,35,37-44H2,1-5H3/b10-8-,16-14-,21-19-,22-20-,25-24-,30-28-,36-34-. The molecule has 58 heavy (non-hydrogen) atoms. The van der Waals surface area contributed by atoms with Crippen LogP contribution in [0.3, 0.4) is 0 Å². The molecule has 0 spiro atoms. The van der Waals surface area contributed by atoms with Gasteiger partial charge in [0.2, 0.25) is 0 Å². The molecule has 0 aromatic rings. The van der Waals surface area contributed by atoms with Crippen molar-refractivity contribution in [2.24, 2.45) is 0 Å². The van der Waals surface area contributed by atoms with Gasteiger partial charge in [-0.05, 0) is 77.0 Å². The number of hydrogen-bond acceptors (Lipinski definition) is 8. The van der Waals surface area contributed by atoms with E-state index in [2.05, 4.69) is 86.8 Å². The fourth-order valence-electron chi connectivity index (χ4n) is 5.44. The van der Waals surface area contributed by atoms with Gasteiger partial charge in [0.25, 0.3) is 0 Å². The zero-order chi connectivity index (χ0) is 42.8. The Labute approximate surface area is 353 Å². The minimum absolute atomic E-state index is 0.116. The van der Waals surface area contributed by atoms with Crippen molar-refractivity contribution in [1.82, 2.24) is 0 Å². The predicted molar refractivity (Wildman–Crippen MR) is 237 cm³/mol. The van der Waals surface area contributed by atoms with Gasteiger partial charge in [-0.1, -0.05) is 144 Å². The molecular weight excluding hydrogens is 731 g/mol. The van der Waals surface area contributed by atoms with Crippen LogP contribution in [0.2, 0.25) is 0 Å². The Hall–Kier alpha value is -3.53. The lowest BCUT2D eigenvalue weighted by Crippen LogP contribution is -2.44. The summed E-state index contributed by atoms with van der Waals surface area (Å²) in [5.74, 6) is -2.42. The maximum atomic E-state index is 12.7. The van der Waals surface area contributed by atoms with Gasteiger partial charge in [0.05, 0.1) is 40.3 Å². The second-order valence-electron chi connectivity index (χ2n) is 15.6. The molecule has 0 aliphatic heterocycles. The number of carbonyl (C=O) groups excluding carboxylic acids is 3. The summed E-state index contributed by atoms with van der Waals surface area (Å²) in [5, 5.41) is 11.7. The van der Waals surface area contributed by atoms with Crippen LogP contribution in [0.15, 0.2) is 85.1 Å².